The molecular formula is C29H27N7S. The van der Waals surface area contributed by atoms with Crippen LogP contribution in [0.15, 0.2) is 66.7 Å². The van der Waals surface area contributed by atoms with Crippen molar-refractivity contribution in [3.63, 3.8) is 0 Å². The van der Waals surface area contributed by atoms with Crippen LogP contribution in [0.3, 0.4) is 0 Å². The number of hydrogen-bond donors (Lipinski definition) is 3. The molecule has 1 aliphatic carbocycles. The molecule has 0 atom stereocenters. The van der Waals surface area contributed by atoms with Crippen molar-refractivity contribution in [2.75, 3.05) is 6.54 Å². The van der Waals surface area contributed by atoms with Gasteiger partial charge in [-0.15, -0.1) is 11.3 Å². The first-order chi connectivity index (χ1) is 18.3. The fraction of sp³-hybridized carbons (Fsp3) is 0.241. The van der Waals surface area contributed by atoms with Crippen molar-refractivity contribution in [3.8, 4) is 33.0 Å². The lowest BCUT2D eigenvalue weighted by atomic mass is 10.1. The Morgan fingerprint density at radius 3 is 2.73 bits per heavy atom. The van der Waals surface area contributed by atoms with Crippen LogP contribution in [0.4, 0.5) is 0 Å². The number of aromatic nitrogens is 6. The molecule has 6 aromatic heterocycles. The highest BCUT2D eigenvalue weighted by Crippen LogP contribution is 2.35. The Kier molecular flexibility index (Phi) is 5.75. The summed E-state index contributed by atoms with van der Waals surface area (Å²) in [4.78, 5) is 18.4. The van der Waals surface area contributed by atoms with E-state index in [9.17, 15) is 0 Å². The number of H-pyrrole nitrogens is 2. The molecule has 0 aliphatic heterocycles. The third-order valence-corrected chi connectivity index (χ3v) is 8.28. The fourth-order valence-electron chi connectivity index (χ4n) is 5.45. The van der Waals surface area contributed by atoms with Gasteiger partial charge in [-0.2, -0.15) is 5.10 Å². The third kappa shape index (κ3) is 4.32. The normalized spacial score (nSPS) is 14.3. The zero-order valence-electron chi connectivity index (χ0n) is 20.4. The summed E-state index contributed by atoms with van der Waals surface area (Å²) in [7, 11) is 0. The van der Waals surface area contributed by atoms with E-state index in [1.165, 1.54) is 36.1 Å². The molecule has 6 heterocycles. The average molecular weight is 506 g/mol. The molecule has 7 nitrogen and oxygen atoms in total. The first-order valence-corrected chi connectivity index (χ1v) is 13.7. The van der Waals surface area contributed by atoms with E-state index in [0.29, 0.717) is 5.65 Å². The topological polar surface area (TPSA) is 95.2 Å². The summed E-state index contributed by atoms with van der Waals surface area (Å²) in [6.07, 6.45) is 15.0. The first kappa shape index (κ1) is 22.3. The number of aromatic amines is 2. The predicted molar refractivity (Wildman–Crippen MR) is 149 cm³/mol. The second-order valence-electron chi connectivity index (χ2n) is 9.87. The summed E-state index contributed by atoms with van der Waals surface area (Å²) >= 11 is 1.72. The van der Waals surface area contributed by atoms with Crippen LogP contribution in [-0.2, 0) is 6.54 Å². The molecule has 0 spiro atoms. The smallest absolute Gasteiger partial charge is 0.181 e. The highest BCUT2D eigenvalue weighted by molar-refractivity contribution is 7.13. The lowest BCUT2D eigenvalue weighted by Gasteiger charge is -2.11. The summed E-state index contributed by atoms with van der Waals surface area (Å²) in [6.45, 7) is 1.92. The van der Waals surface area contributed by atoms with Gasteiger partial charge in [-0.1, -0.05) is 18.9 Å². The highest BCUT2D eigenvalue weighted by Gasteiger charge is 2.16. The predicted octanol–water partition coefficient (Wildman–Crippen LogP) is 6.57. The zero-order chi connectivity index (χ0) is 24.6. The van der Waals surface area contributed by atoms with Crippen molar-refractivity contribution in [2.45, 2.75) is 32.2 Å². The molecule has 184 valence electrons. The lowest BCUT2D eigenvalue weighted by Crippen LogP contribution is -2.20. The van der Waals surface area contributed by atoms with Crippen molar-refractivity contribution in [1.82, 2.24) is 35.5 Å². The molecule has 0 bridgehead atoms. The van der Waals surface area contributed by atoms with Crippen LogP contribution in [0.25, 0.3) is 54.9 Å². The van der Waals surface area contributed by atoms with Gasteiger partial charge >= 0.3 is 0 Å². The second kappa shape index (κ2) is 9.53. The summed E-state index contributed by atoms with van der Waals surface area (Å²) < 4.78 is 0. The Morgan fingerprint density at radius 2 is 1.84 bits per heavy atom. The Morgan fingerprint density at radius 1 is 0.946 bits per heavy atom. The number of pyridine rings is 3. The number of fused-ring (bicyclic) bond motifs is 2. The first-order valence-electron chi connectivity index (χ1n) is 12.8. The van der Waals surface area contributed by atoms with Gasteiger partial charge in [-0.3, -0.25) is 15.1 Å². The van der Waals surface area contributed by atoms with Crippen LogP contribution >= 0.6 is 11.3 Å². The average Bonchev–Trinajstić information content (AvgIpc) is 3.74. The molecule has 37 heavy (non-hydrogen) atoms. The van der Waals surface area contributed by atoms with Crippen LogP contribution in [-0.4, -0.2) is 36.7 Å². The van der Waals surface area contributed by atoms with Gasteiger partial charge in [0.1, 0.15) is 0 Å². The standard InChI is InChI=1S/C29H27N7S/c1-2-5-18(4-1)11-30-12-19-8-20(14-31-13-19)21-9-23-28(35-36-29(23)33-15-21)25-10-22-24(27-6-3-7-37-27)16-32-17-26(22)34-25/h3,6-10,13-18,30,34H,1-2,4-5,11-12H2,(H,33,35,36). The molecule has 0 unspecified atom stereocenters. The summed E-state index contributed by atoms with van der Waals surface area (Å²) in [6, 6.07) is 10.7. The molecular weight excluding hydrogens is 478 g/mol. The van der Waals surface area contributed by atoms with Gasteiger partial charge in [0.25, 0.3) is 0 Å². The Labute approximate surface area is 218 Å². The molecule has 0 amide bonds. The van der Waals surface area contributed by atoms with E-state index in [2.05, 4.69) is 71.2 Å². The fourth-order valence-corrected chi connectivity index (χ4v) is 6.20. The summed E-state index contributed by atoms with van der Waals surface area (Å²) in [5.74, 6) is 0.823. The van der Waals surface area contributed by atoms with Crippen LogP contribution in [0.1, 0.15) is 31.2 Å². The van der Waals surface area contributed by atoms with Gasteiger partial charge in [-0.05, 0) is 60.5 Å². The van der Waals surface area contributed by atoms with E-state index in [0.717, 1.165) is 63.4 Å². The number of nitrogens with zero attached hydrogens (tertiary/aromatic N) is 4. The van der Waals surface area contributed by atoms with Crippen LogP contribution in [0.2, 0.25) is 0 Å². The molecule has 1 aliphatic rings. The quantitative estimate of drug-likeness (QED) is 0.228. The SMILES string of the molecule is c1csc(-c2cncc3[nH]c(-c4[nH]nc5ncc(-c6cncc(CNCC7CCCC7)c6)cc45)cc23)c1. The van der Waals surface area contributed by atoms with Crippen LogP contribution in [0, 0.1) is 5.92 Å². The van der Waals surface area contributed by atoms with Crippen molar-refractivity contribution in [2.24, 2.45) is 5.92 Å². The van der Waals surface area contributed by atoms with E-state index in [-0.39, 0.29) is 0 Å². The Bertz CT molecular complexity index is 1680. The van der Waals surface area contributed by atoms with Crippen molar-refractivity contribution >= 4 is 33.3 Å². The van der Waals surface area contributed by atoms with E-state index in [4.69, 9.17) is 0 Å². The molecule has 8 heteroatoms. The minimum absolute atomic E-state index is 0.691. The van der Waals surface area contributed by atoms with Crippen molar-refractivity contribution in [3.05, 3.63) is 72.3 Å². The zero-order valence-corrected chi connectivity index (χ0v) is 21.2. The second-order valence-corrected chi connectivity index (χ2v) is 10.8. The maximum absolute atomic E-state index is 4.65. The van der Waals surface area contributed by atoms with E-state index >= 15 is 0 Å². The minimum atomic E-state index is 0.691. The molecule has 0 aromatic carbocycles. The number of nitrogens with one attached hydrogen (secondary N) is 3. The highest BCUT2D eigenvalue weighted by atomic mass is 32.1. The van der Waals surface area contributed by atoms with E-state index in [1.807, 2.05) is 31.0 Å². The van der Waals surface area contributed by atoms with Crippen molar-refractivity contribution in [1.29, 1.82) is 0 Å². The molecule has 0 saturated heterocycles. The van der Waals surface area contributed by atoms with E-state index < -0.39 is 0 Å². The van der Waals surface area contributed by atoms with Crippen LogP contribution in [0.5, 0.6) is 0 Å². The summed E-state index contributed by atoms with van der Waals surface area (Å²) in [5.41, 5.74) is 7.96. The van der Waals surface area contributed by atoms with Crippen LogP contribution < -0.4 is 5.32 Å². The van der Waals surface area contributed by atoms with Gasteiger partial charge in [0.2, 0.25) is 0 Å². The molecule has 1 saturated carbocycles. The van der Waals surface area contributed by atoms with Gasteiger partial charge in [0.15, 0.2) is 5.65 Å². The van der Waals surface area contributed by atoms with Crippen molar-refractivity contribution < 1.29 is 0 Å². The van der Waals surface area contributed by atoms with Gasteiger partial charge < -0.3 is 10.3 Å². The summed E-state index contributed by atoms with van der Waals surface area (Å²) in [5, 5.41) is 15.5. The lowest BCUT2D eigenvalue weighted by molar-refractivity contribution is 0.489. The Balaban J connectivity index is 1.20. The van der Waals surface area contributed by atoms with Gasteiger partial charge in [0.05, 0.1) is 23.1 Å². The Hall–Kier alpha value is -3.88. The largest absolute Gasteiger partial charge is 0.352 e. The number of hydrogen-bond acceptors (Lipinski definition) is 6. The molecule has 3 N–H and O–H groups in total. The number of rotatable bonds is 7. The number of thiophene rings is 1. The monoisotopic (exact) mass is 505 g/mol. The molecule has 6 aromatic rings. The van der Waals surface area contributed by atoms with E-state index in [1.54, 1.807) is 11.3 Å². The third-order valence-electron chi connectivity index (χ3n) is 7.38. The van der Waals surface area contributed by atoms with Gasteiger partial charge in [-0.25, -0.2) is 4.98 Å². The van der Waals surface area contributed by atoms with Gasteiger partial charge in [0, 0.05) is 63.7 Å². The maximum atomic E-state index is 4.65. The molecule has 1 fully saturated rings. The maximum Gasteiger partial charge on any atom is 0.181 e. The molecule has 0 radical (unpaired) electrons. The molecule has 7 rings (SSSR count). The minimum Gasteiger partial charge on any atom is -0.352 e.